The number of rotatable bonds is 5. The fourth-order valence-electron chi connectivity index (χ4n) is 2.99. The fourth-order valence-corrected chi connectivity index (χ4v) is 3.18. The molecule has 0 spiro atoms. The molecule has 1 saturated heterocycles. The van der Waals surface area contributed by atoms with Crippen LogP contribution in [-0.2, 0) is 11.3 Å². The minimum absolute atomic E-state index is 0.0361. The van der Waals surface area contributed by atoms with Crippen molar-refractivity contribution >= 4 is 17.5 Å². The van der Waals surface area contributed by atoms with Gasteiger partial charge < -0.3 is 9.84 Å². The zero-order valence-corrected chi connectivity index (χ0v) is 14.4. The van der Waals surface area contributed by atoms with Crippen LogP contribution in [0.25, 0.3) is 11.4 Å². The lowest BCUT2D eigenvalue weighted by atomic mass is 9.97. The summed E-state index contributed by atoms with van der Waals surface area (Å²) in [7, 11) is 0. The molecule has 1 aliphatic rings. The molecule has 1 atom stereocenters. The molecule has 0 saturated carbocycles. The summed E-state index contributed by atoms with van der Waals surface area (Å²) in [5.41, 5.74) is 0.830. The highest BCUT2D eigenvalue weighted by atomic mass is 35.5. The number of aromatic nitrogens is 2. The Hall–Kier alpha value is -1.92. The first-order chi connectivity index (χ1) is 11.7. The Balaban J connectivity index is 1.63. The van der Waals surface area contributed by atoms with E-state index in [2.05, 4.69) is 20.4 Å². The average molecular weight is 349 g/mol. The standard InChI is InChI=1S/C17H21ClN4O2/c1-2-19-17(23)13-6-4-8-22(10-13)11-15-20-16(21-24-15)12-5-3-7-14(18)9-12/h3,5,7,9,13H,2,4,6,8,10-11H2,1H3,(H,19,23). The lowest BCUT2D eigenvalue weighted by Crippen LogP contribution is -2.42. The van der Waals surface area contributed by atoms with Gasteiger partial charge in [0, 0.05) is 23.7 Å². The van der Waals surface area contributed by atoms with Gasteiger partial charge in [-0.05, 0) is 38.4 Å². The third-order valence-electron chi connectivity index (χ3n) is 4.14. The van der Waals surface area contributed by atoms with Crippen molar-refractivity contribution < 1.29 is 9.32 Å². The summed E-state index contributed by atoms with van der Waals surface area (Å²) in [4.78, 5) is 18.7. The topological polar surface area (TPSA) is 71.3 Å². The van der Waals surface area contributed by atoms with Crippen LogP contribution in [0.1, 0.15) is 25.7 Å². The molecule has 1 amide bonds. The van der Waals surface area contributed by atoms with Crippen LogP contribution in [0.4, 0.5) is 0 Å². The molecule has 1 unspecified atom stereocenters. The second-order valence-electron chi connectivity index (χ2n) is 5.99. The van der Waals surface area contributed by atoms with Crippen LogP contribution in [-0.4, -0.2) is 40.6 Å². The minimum atomic E-state index is 0.0361. The molecule has 0 aliphatic carbocycles. The average Bonchev–Trinajstić information content (AvgIpc) is 3.04. The quantitative estimate of drug-likeness (QED) is 0.899. The molecule has 0 radical (unpaired) electrons. The van der Waals surface area contributed by atoms with E-state index in [4.69, 9.17) is 16.1 Å². The van der Waals surface area contributed by atoms with Crippen molar-refractivity contribution in [1.82, 2.24) is 20.4 Å². The van der Waals surface area contributed by atoms with Crippen LogP contribution >= 0.6 is 11.6 Å². The third-order valence-corrected chi connectivity index (χ3v) is 4.37. The van der Waals surface area contributed by atoms with Crippen molar-refractivity contribution in [2.75, 3.05) is 19.6 Å². The van der Waals surface area contributed by atoms with Crippen molar-refractivity contribution in [2.45, 2.75) is 26.3 Å². The summed E-state index contributed by atoms with van der Waals surface area (Å²) in [6, 6.07) is 7.37. The van der Waals surface area contributed by atoms with E-state index in [0.717, 1.165) is 31.5 Å². The molecule has 0 bridgehead atoms. The maximum Gasteiger partial charge on any atom is 0.241 e. The highest BCUT2D eigenvalue weighted by Crippen LogP contribution is 2.22. The van der Waals surface area contributed by atoms with Crippen LogP contribution in [0.2, 0.25) is 5.02 Å². The van der Waals surface area contributed by atoms with Gasteiger partial charge in [0.25, 0.3) is 0 Å². The largest absolute Gasteiger partial charge is 0.356 e. The molecule has 24 heavy (non-hydrogen) atoms. The number of amides is 1. The van der Waals surface area contributed by atoms with Gasteiger partial charge in [-0.1, -0.05) is 28.9 Å². The van der Waals surface area contributed by atoms with Crippen molar-refractivity contribution in [3.05, 3.63) is 35.2 Å². The maximum atomic E-state index is 12.0. The molecule has 128 valence electrons. The Morgan fingerprint density at radius 2 is 2.38 bits per heavy atom. The van der Waals surface area contributed by atoms with Gasteiger partial charge in [-0.3, -0.25) is 9.69 Å². The number of benzene rings is 1. The molecular weight excluding hydrogens is 328 g/mol. The van der Waals surface area contributed by atoms with Gasteiger partial charge in [-0.25, -0.2) is 0 Å². The second-order valence-corrected chi connectivity index (χ2v) is 6.43. The van der Waals surface area contributed by atoms with E-state index in [1.807, 2.05) is 25.1 Å². The van der Waals surface area contributed by atoms with Crippen molar-refractivity contribution in [3.8, 4) is 11.4 Å². The maximum absolute atomic E-state index is 12.0. The zero-order chi connectivity index (χ0) is 16.9. The fraction of sp³-hybridized carbons (Fsp3) is 0.471. The number of piperidine rings is 1. The highest BCUT2D eigenvalue weighted by molar-refractivity contribution is 6.30. The number of likely N-dealkylation sites (tertiary alicyclic amines) is 1. The van der Waals surface area contributed by atoms with Gasteiger partial charge in [-0.2, -0.15) is 4.98 Å². The van der Waals surface area contributed by atoms with Crippen molar-refractivity contribution in [3.63, 3.8) is 0 Å². The summed E-state index contributed by atoms with van der Waals surface area (Å²) < 4.78 is 5.36. The van der Waals surface area contributed by atoms with Crippen molar-refractivity contribution in [2.24, 2.45) is 5.92 Å². The summed E-state index contributed by atoms with van der Waals surface area (Å²) >= 11 is 6.00. The Labute approximate surface area is 146 Å². The first kappa shape index (κ1) is 16.9. The molecule has 2 heterocycles. The molecule has 1 aromatic carbocycles. The smallest absolute Gasteiger partial charge is 0.241 e. The first-order valence-electron chi connectivity index (χ1n) is 8.24. The van der Waals surface area contributed by atoms with E-state index in [9.17, 15) is 4.79 Å². The summed E-state index contributed by atoms with van der Waals surface area (Å²) in [5.74, 6) is 1.26. The third kappa shape index (κ3) is 4.13. The lowest BCUT2D eigenvalue weighted by molar-refractivity contribution is -0.126. The van der Waals surface area contributed by atoms with Crippen molar-refractivity contribution in [1.29, 1.82) is 0 Å². The van der Waals surface area contributed by atoms with E-state index in [1.165, 1.54) is 0 Å². The Morgan fingerprint density at radius 1 is 1.50 bits per heavy atom. The molecule has 3 rings (SSSR count). The van der Waals surface area contributed by atoms with Gasteiger partial charge in [-0.15, -0.1) is 0 Å². The second kappa shape index (κ2) is 7.77. The Morgan fingerprint density at radius 3 is 3.17 bits per heavy atom. The number of carbonyl (C=O) groups excluding carboxylic acids is 1. The normalized spacial score (nSPS) is 18.5. The Kier molecular flexibility index (Phi) is 5.48. The van der Waals surface area contributed by atoms with Crippen LogP contribution < -0.4 is 5.32 Å². The number of hydrogen-bond acceptors (Lipinski definition) is 5. The van der Waals surface area contributed by atoms with Crippen LogP contribution in [0.3, 0.4) is 0 Å². The van der Waals surface area contributed by atoms with E-state index >= 15 is 0 Å². The van der Waals surface area contributed by atoms with Gasteiger partial charge in [0.1, 0.15) is 0 Å². The molecule has 1 fully saturated rings. The molecule has 1 aliphatic heterocycles. The Bertz CT molecular complexity index is 703. The molecule has 7 heteroatoms. The number of halogens is 1. The SMILES string of the molecule is CCNC(=O)C1CCCN(Cc2nc(-c3cccc(Cl)c3)no2)C1. The summed E-state index contributed by atoms with van der Waals surface area (Å²) in [6.07, 6.45) is 1.93. The van der Waals surface area contributed by atoms with E-state index in [1.54, 1.807) is 6.07 Å². The molecule has 1 N–H and O–H groups in total. The zero-order valence-electron chi connectivity index (χ0n) is 13.7. The van der Waals surface area contributed by atoms with E-state index < -0.39 is 0 Å². The number of nitrogens with zero attached hydrogens (tertiary/aromatic N) is 3. The molecule has 6 nitrogen and oxygen atoms in total. The van der Waals surface area contributed by atoms with Gasteiger partial charge in [0.2, 0.25) is 17.6 Å². The molecule has 2 aromatic rings. The molecular formula is C17H21ClN4O2. The van der Waals surface area contributed by atoms with Gasteiger partial charge >= 0.3 is 0 Å². The number of carbonyl (C=O) groups is 1. The van der Waals surface area contributed by atoms with E-state index in [-0.39, 0.29) is 11.8 Å². The molecule has 1 aromatic heterocycles. The predicted octanol–water partition coefficient (Wildman–Crippen LogP) is 2.74. The van der Waals surface area contributed by atoms with Gasteiger partial charge in [0.05, 0.1) is 12.5 Å². The predicted molar refractivity (Wildman–Crippen MR) is 91.4 cm³/mol. The first-order valence-corrected chi connectivity index (χ1v) is 8.62. The van der Waals surface area contributed by atoms with Crippen LogP contribution in [0.15, 0.2) is 28.8 Å². The summed E-state index contributed by atoms with van der Waals surface area (Å²) in [6.45, 7) is 4.82. The monoisotopic (exact) mass is 348 g/mol. The van der Waals surface area contributed by atoms with Crippen LogP contribution in [0.5, 0.6) is 0 Å². The summed E-state index contributed by atoms with van der Waals surface area (Å²) in [5, 5.41) is 7.57. The van der Waals surface area contributed by atoms with Gasteiger partial charge in [0.15, 0.2) is 0 Å². The number of hydrogen-bond donors (Lipinski definition) is 1. The highest BCUT2D eigenvalue weighted by Gasteiger charge is 2.26. The lowest BCUT2D eigenvalue weighted by Gasteiger charge is -2.30. The van der Waals surface area contributed by atoms with Crippen LogP contribution in [0, 0.1) is 5.92 Å². The number of nitrogens with one attached hydrogen (secondary N) is 1. The minimum Gasteiger partial charge on any atom is -0.356 e. The van der Waals surface area contributed by atoms with E-state index in [0.29, 0.717) is 29.8 Å².